The molecule has 0 spiro atoms. The molecule has 21 heavy (non-hydrogen) atoms. The molecule has 1 fully saturated rings. The van der Waals surface area contributed by atoms with Gasteiger partial charge in [0, 0.05) is 5.54 Å². The van der Waals surface area contributed by atoms with Crippen molar-refractivity contribution in [3.05, 3.63) is 28.8 Å². The van der Waals surface area contributed by atoms with Crippen molar-refractivity contribution in [2.45, 2.75) is 56.9 Å². The molecule has 0 bridgehead atoms. The van der Waals surface area contributed by atoms with Crippen molar-refractivity contribution >= 4 is 16.0 Å². The monoisotopic (exact) mass is 311 g/mol. The summed E-state index contributed by atoms with van der Waals surface area (Å²) in [5, 5.41) is 9.11. The number of nitrogens with one attached hydrogen (secondary N) is 1. The molecule has 0 aromatic heterocycles. The Labute approximate surface area is 125 Å². The molecular formula is C15H21NO4S. The van der Waals surface area contributed by atoms with Crippen LogP contribution < -0.4 is 4.72 Å². The van der Waals surface area contributed by atoms with E-state index in [0.717, 1.165) is 25.7 Å². The number of aromatic carboxylic acids is 1. The van der Waals surface area contributed by atoms with Gasteiger partial charge < -0.3 is 5.11 Å². The summed E-state index contributed by atoms with van der Waals surface area (Å²) in [6, 6.07) is 2.74. The molecule has 1 aliphatic carbocycles. The van der Waals surface area contributed by atoms with E-state index >= 15 is 0 Å². The molecule has 0 unspecified atom stereocenters. The molecule has 5 nitrogen and oxygen atoms in total. The van der Waals surface area contributed by atoms with Gasteiger partial charge >= 0.3 is 5.97 Å². The minimum Gasteiger partial charge on any atom is -0.478 e. The maximum atomic E-state index is 12.6. The van der Waals surface area contributed by atoms with E-state index in [1.54, 1.807) is 13.8 Å². The van der Waals surface area contributed by atoms with Gasteiger partial charge in [0.25, 0.3) is 0 Å². The molecule has 0 radical (unpaired) electrons. The van der Waals surface area contributed by atoms with E-state index in [-0.39, 0.29) is 10.5 Å². The first-order valence-corrected chi connectivity index (χ1v) is 8.51. The summed E-state index contributed by atoms with van der Waals surface area (Å²) in [6.07, 6.45) is 3.63. The van der Waals surface area contributed by atoms with Crippen molar-refractivity contribution in [1.29, 1.82) is 0 Å². The fourth-order valence-corrected chi connectivity index (χ4v) is 4.68. The van der Waals surface area contributed by atoms with E-state index in [1.165, 1.54) is 12.1 Å². The van der Waals surface area contributed by atoms with E-state index in [2.05, 4.69) is 4.72 Å². The number of hydrogen-bond acceptors (Lipinski definition) is 3. The number of aryl methyl sites for hydroxylation is 1. The van der Waals surface area contributed by atoms with Gasteiger partial charge in [-0.05, 0) is 56.9 Å². The zero-order chi connectivity index (χ0) is 15.8. The van der Waals surface area contributed by atoms with Crippen molar-refractivity contribution in [1.82, 2.24) is 4.72 Å². The summed E-state index contributed by atoms with van der Waals surface area (Å²) in [7, 11) is -3.72. The number of carboxylic acids is 1. The van der Waals surface area contributed by atoms with Gasteiger partial charge in [0.2, 0.25) is 10.0 Å². The van der Waals surface area contributed by atoms with Crippen LogP contribution in [0, 0.1) is 13.8 Å². The van der Waals surface area contributed by atoms with E-state index in [9.17, 15) is 13.2 Å². The summed E-state index contributed by atoms with van der Waals surface area (Å²) in [6.45, 7) is 5.32. The Hall–Kier alpha value is -1.40. The standard InChI is InChI=1S/C15H21NO4S/c1-10-8-12(14(17)18)9-13(11(10)2)21(19,20)16-15(3)6-4-5-7-15/h8-9,16H,4-7H2,1-3H3,(H,17,18). The highest BCUT2D eigenvalue weighted by Gasteiger charge is 2.34. The van der Waals surface area contributed by atoms with Crippen LogP contribution in [0.15, 0.2) is 17.0 Å². The SMILES string of the molecule is Cc1cc(C(=O)O)cc(S(=O)(=O)NC2(C)CCCC2)c1C. The minimum atomic E-state index is -3.72. The average Bonchev–Trinajstić information content (AvgIpc) is 2.77. The third-order valence-corrected chi connectivity index (χ3v) is 6.01. The fraction of sp³-hybridized carbons (Fsp3) is 0.533. The van der Waals surface area contributed by atoms with Gasteiger partial charge in [0.15, 0.2) is 0 Å². The van der Waals surface area contributed by atoms with E-state index < -0.39 is 21.5 Å². The topological polar surface area (TPSA) is 83.5 Å². The molecule has 0 amide bonds. The van der Waals surface area contributed by atoms with Crippen LogP contribution in [0.2, 0.25) is 0 Å². The largest absolute Gasteiger partial charge is 0.478 e. The molecular weight excluding hydrogens is 290 g/mol. The number of benzene rings is 1. The van der Waals surface area contributed by atoms with Crippen LogP contribution in [0.3, 0.4) is 0 Å². The molecule has 0 heterocycles. The van der Waals surface area contributed by atoms with Crippen LogP contribution in [0.1, 0.15) is 54.1 Å². The van der Waals surface area contributed by atoms with Crippen LogP contribution in [-0.2, 0) is 10.0 Å². The minimum absolute atomic E-state index is 0.00458. The molecule has 116 valence electrons. The molecule has 0 atom stereocenters. The zero-order valence-corrected chi connectivity index (χ0v) is 13.4. The maximum Gasteiger partial charge on any atom is 0.335 e. The number of carbonyl (C=O) groups is 1. The van der Waals surface area contributed by atoms with E-state index in [4.69, 9.17) is 5.11 Å². The Kier molecular flexibility index (Phi) is 4.13. The predicted molar refractivity (Wildman–Crippen MR) is 80.1 cm³/mol. The van der Waals surface area contributed by atoms with Crippen molar-refractivity contribution in [3.63, 3.8) is 0 Å². The van der Waals surface area contributed by atoms with Gasteiger partial charge in [-0.1, -0.05) is 12.8 Å². The Morgan fingerprint density at radius 2 is 1.81 bits per heavy atom. The summed E-state index contributed by atoms with van der Waals surface area (Å²) in [5.41, 5.74) is 0.814. The molecule has 2 N–H and O–H groups in total. The maximum absolute atomic E-state index is 12.6. The third kappa shape index (κ3) is 3.27. The number of hydrogen-bond donors (Lipinski definition) is 2. The van der Waals surface area contributed by atoms with Crippen molar-refractivity contribution < 1.29 is 18.3 Å². The molecule has 1 aromatic rings. The van der Waals surface area contributed by atoms with Crippen molar-refractivity contribution in [3.8, 4) is 0 Å². The Morgan fingerprint density at radius 1 is 1.24 bits per heavy atom. The van der Waals surface area contributed by atoms with Crippen LogP contribution in [-0.4, -0.2) is 25.0 Å². The van der Waals surface area contributed by atoms with Gasteiger partial charge in [0.1, 0.15) is 0 Å². The lowest BCUT2D eigenvalue weighted by molar-refractivity contribution is 0.0696. The molecule has 0 saturated heterocycles. The van der Waals surface area contributed by atoms with Gasteiger partial charge in [-0.15, -0.1) is 0 Å². The lowest BCUT2D eigenvalue weighted by Gasteiger charge is -2.25. The normalized spacial score (nSPS) is 17.9. The molecule has 1 aliphatic rings. The lowest BCUT2D eigenvalue weighted by Crippen LogP contribution is -2.43. The second kappa shape index (κ2) is 5.42. The van der Waals surface area contributed by atoms with Crippen LogP contribution in [0.5, 0.6) is 0 Å². The second-order valence-corrected chi connectivity index (χ2v) is 7.75. The van der Waals surface area contributed by atoms with Gasteiger partial charge in [-0.2, -0.15) is 0 Å². The van der Waals surface area contributed by atoms with Gasteiger partial charge in [-0.3, -0.25) is 0 Å². The average molecular weight is 311 g/mol. The summed E-state index contributed by atoms with van der Waals surface area (Å²) < 4.78 is 28.0. The summed E-state index contributed by atoms with van der Waals surface area (Å²) in [5.74, 6) is -1.12. The highest BCUT2D eigenvalue weighted by Crippen LogP contribution is 2.31. The first kappa shape index (κ1) is 16.0. The molecule has 6 heteroatoms. The second-order valence-electron chi connectivity index (χ2n) is 6.09. The third-order valence-electron chi connectivity index (χ3n) is 4.24. The first-order valence-electron chi connectivity index (χ1n) is 7.03. The Morgan fingerprint density at radius 3 is 2.33 bits per heavy atom. The number of carboxylic acid groups (broad SMARTS) is 1. The number of rotatable bonds is 4. The van der Waals surface area contributed by atoms with Crippen LogP contribution >= 0.6 is 0 Å². The van der Waals surface area contributed by atoms with Crippen molar-refractivity contribution in [2.24, 2.45) is 0 Å². The highest BCUT2D eigenvalue weighted by molar-refractivity contribution is 7.89. The van der Waals surface area contributed by atoms with Gasteiger partial charge in [-0.25, -0.2) is 17.9 Å². The highest BCUT2D eigenvalue weighted by atomic mass is 32.2. The predicted octanol–water partition coefficient (Wildman–Crippen LogP) is 2.61. The van der Waals surface area contributed by atoms with E-state index in [0.29, 0.717) is 11.1 Å². The quantitative estimate of drug-likeness (QED) is 0.895. The van der Waals surface area contributed by atoms with Gasteiger partial charge in [0.05, 0.1) is 10.5 Å². The molecule has 1 aromatic carbocycles. The first-order chi connectivity index (χ1) is 9.65. The Bertz CT molecular complexity index is 673. The smallest absolute Gasteiger partial charge is 0.335 e. The zero-order valence-electron chi connectivity index (χ0n) is 12.6. The Balaban J connectivity index is 2.46. The molecule has 1 saturated carbocycles. The number of sulfonamides is 1. The van der Waals surface area contributed by atoms with Crippen LogP contribution in [0.4, 0.5) is 0 Å². The van der Waals surface area contributed by atoms with Crippen molar-refractivity contribution in [2.75, 3.05) is 0 Å². The van der Waals surface area contributed by atoms with E-state index in [1.807, 2.05) is 6.92 Å². The summed E-state index contributed by atoms with van der Waals surface area (Å²) >= 11 is 0. The molecule has 0 aliphatic heterocycles. The van der Waals surface area contributed by atoms with Crippen LogP contribution in [0.25, 0.3) is 0 Å². The molecule has 2 rings (SSSR count). The summed E-state index contributed by atoms with van der Waals surface area (Å²) in [4.78, 5) is 11.2. The lowest BCUT2D eigenvalue weighted by atomic mass is 10.0. The fourth-order valence-electron chi connectivity index (χ4n) is 2.87.